The first-order chi connectivity index (χ1) is 12.6. The molecule has 0 aromatic heterocycles. The molecule has 0 radical (unpaired) electrons. The zero-order valence-corrected chi connectivity index (χ0v) is 15.3. The second-order valence-electron chi connectivity index (χ2n) is 6.31. The number of amides is 1. The zero-order valence-electron chi connectivity index (χ0n) is 15.3. The molecular formula is C20H24N2O4. The van der Waals surface area contributed by atoms with Crippen molar-refractivity contribution in [3.8, 4) is 17.2 Å². The predicted molar refractivity (Wildman–Crippen MR) is 98.3 cm³/mol. The summed E-state index contributed by atoms with van der Waals surface area (Å²) in [4.78, 5) is 14.5. The highest BCUT2D eigenvalue weighted by molar-refractivity contribution is 5.81. The number of ether oxygens (including phenoxy) is 3. The van der Waals surface area contributed by atoms with Crippen LogP contribution in [0.25, 0.3) is 0 Å². The van der Waals surface area contributed by atoms with Crippen LogP contribution < -0.4 is 19.5 Å². The summed E-state index contributed by atoms with van der Waals surface area (Å²) in [5.41, 5.74) is 2.02. The van der Waals surface area contributed by atoms with Crippen LogP contribution in [0.1, 0.15) is 18.1 Å². The van der Waals surface area contributed by atoms with Gasteiger partial charge in [-0.15, -0.1) is 0 Å². The Labute approximate surface area is 153 Å². The van der Waals surface area contributed by atoms with E-state index in [4.69, 9.17) is 14.2 Å². The molecule has 1 atom stereocenters. The van der Waals surface area contributed by atoms with Crippen LogP contribution in [0, 0.1) is 0 Å². The minimum absolute atomic E-state index is 0.0286. The number of para-hydroxylation sites is 1. The van der Waals surface area contributed by atoms with Crippen molar-refractivity contribution >= 4 is 5.91 Å². The quantitative estimate of drug-likeness (QED) is 0.826. The van der Waals surface area contributed by atoms with Crippen LogP contribution in [0.4, 0.5) is 0 Å². The normalized spacial score (nSPS) is 13.5. The molecule has 1 aliphatic rings. The van der Waals surface area contributed by atoms with Gasteiger partial charge in [0.1, 0.15) is 5.75 Å². The van der Waals surface area contributed by atoms with Crippen molar-refractivity contribution in [2.45, 2.75) is 26.1 Å². The van der Waals surface area contributed by atoms with Gasteiger partial charge in [-0.2, -0.15) is 0 Å². The first-order valence-electron chi connectivity index (χ1n) is 8.57. The number of nitrogens with one attached hydrogen (secondary N) is 1. The first-order valence-corrected chi connectivity index (χ1v) is 8.57. The van der Waals surface area contributed by atoms with Crippen molar-refractivity contribution in [1.82, 2.24) is 10.2 Å². The van der Waals surface area contributed by atoms with E-state index in [1.807, 2.05) is 61.3 Å². The lowest BCUT2D eigenvalue weighted by Gasteiger charge is -2.24. The number of carbonyl (C=O) groups is 1. The molecule has 26 heavy (non-hydrogen) atoms. The molecule has 0 unspecified atom stereocenters. The molecule has 0 bridgehead atoms. The first kappa shape index (κ1) is 18.1. The molecule has 1 amide bonds. The van der Waals surface area contributed by atoms with Gasteiger partial charge in [0, 0.05) is 18.7 Å². The molecule has 1 heterocycles. The average Bonchev–Trinajstić information content (AvgIpc) is 3.13. The monoisotopic (exact) mass is 356 g/mol. The summed E-state index contributed by atoms with van der Waals surface area (Å²) in [5, 5.41) is 2.98. The van der Waals surface area contributed by atoms with Crippen LogP contribution >= 0.6 is 0 Å². The molecule has 1 N–H and O–H groups in total. The molecule has 1 aliphatic heterocycles. The third kappa shape index (κ3) is 4.08. The van der Waals surface area contributed by atoms with Crippen molar-refractivity contribution < 1.29 is 19.0 Å². The van der Waals surface area contributed by atoms with Gasteiger partial charge in [0.05, 0.1) is 13.2 Å². The summed E-state index contributed by atoms with van der Waals surface area (Å²) >= 11 is 0. The smallest absolute Gasteiger partial charge is 0.237 e. The number of likely N-dealkylation sites (N-methyl/N-ethyl adjacent to an activating group) is 1. The molecule has 138 valence electrons. The summed E-state index contributed by atoms with van der Waals surface area (Å²) in [7, 11) is 3.56. The fraction of sp³-hybridized carbons (Fsp3) is 0.350. The molecule has 0 aliphatic carbocycles. The molecule has 2 aromatic carbocycles. The SMILES string of the molecule is COc1ccccc1CNC(=O)[C@H](C)N(C)Cc1ccc2c(c1)OCO2. The van der Waals surface area contributed by atoms with Gasteiger partial charge in [-0.05, 0) is 37.7 Å². The number of rotatable bonds is 7. The second-order valence-corrected chi connectivity index (χ2v) is 6.31. The Morgan fingerprint density at radius 3 is 2.81 bits per heavy atom. The standard InChI is InChI=1S/C20H24N2O4/c1-14(20(23)21-11-16-6-4-5-7-17(16)24-3)22(2)12-15-8-9-18-19(10-15)26-13-25-18/h4-10,14H,11-13H2,1-3H3,(H,21,23)/t14-/m0/s1. The van der Waals surface area contributed by atoms with E-state index in [1.165, 1.54) is 0 Å². The molecule has 3 rings (SSSR count). The number of carbonyl (C=O) groups excluding carboxylic acids is 1. The van der Waals surface area contributed by atoms with Crippen molar-refractivity contribution in [2.75, 3.05) is 21.0 Å². The fourth-order valence-corrected chi connectivity index (χ4v) is 2.84. The predicted octanol–water partition coefficient (Wildman–Crippen LogP) is 2.56. The maximum atomic E-state index is 12.5. The van der Waals surface area contributed by atoms with E-state index in [0.29, 0.717) is 13.1 Å². The number of fused-ring (bicyclic) bond motifs is 1. The summed E-state index contributed by atoms with van der Waals surface area (Å²) in [5.74, 6) is 2.26. The molecule has 2 aromatic rings. The van der Waals surface area contributed by atoms with Gasteiger partial charge in [0.25, 0.3) is 0 Å². The van der Waals surface area contributed by atoms with E-state index in [0.717, 1.165) is 28.4 Å². The van der Waals surface area contributed by atoms with Gasteiger partial charge >= 0.3 is 0 Å². The topological polar surface area (TPSA) is 60.0 Å². The Kier molecular flexibility index (Phi) is 5.63. The van der Waals surface area contributed by atoms with E-state index in [1.54, 1.807) is 7.11 Å². The molecule has 0 spiro atoms. The van der Waals surface area contributed by atoms with Crippen molar-refractivity contribution in [3.63, 3.8) is 0 Å². The third-order valence-electron chi connectivity index (χ3n) is 4.56. The van der Waals surface area contributed by atoms with Crippen LogP contribution in [0.15, 0.2) is 42.5 Å². The Balaban J connectivity index is 1.55. The third-order valence-corrected chi connectivity index (χ3v) is 4.56. The van der Waals surface area contributed by atoms with Crippen molar-refractivity contribution in [2.24, 2.45) is 0 Å². The van der Waals surface area contributed by atoms with E-state index < -0.39 is 0 Å². The molecule has 6 heteroatoms. The second kappa shape index (κ2) is 8.10. The van der Waals surface area contributed by atoms with Gasteiger partial charge in [0.15, 0.2) is 11.5 Å². The molecule has 0 saturated heterocycles. The number of methoxy groups -OCH3 is 1. The highest BCUT2D eigenvalue weighted by Crippen LogP contribution is 2.32. The average molecular weight is 356 g/mol. The Bertz CT molecular complexity index is 778. The largest absolute Gasteiger partial charge is 0.496 e. The number of hydrogen-bond acceptors (Lipinski definition) is 5. The molecule has 6 nitrogen and oxygen atoms in total. The van der Waals surface area contributed by atoms with E-state index in [2.05, 4.69) is 5.32 Å². The highest BCUT2D eigenvalue weighted by atomic mass is 16.7. The maximum absolute atomic E-state index is 12.5. The zero-order chi connectivity index (χ0) is 18.5. The van der Waals surface area contributed by atoms with Gasteiger partial charge in [0.2, 0.25) is 12.7 Å². The summed E-state index contributed by atoms with van der Waals surface area (Å²) < 4.78 is 16.1. The molecular weight excluding hydrogens is 332 g/mol. The van der Waals surface area contributed by atoms with Crippen molar-refractivity contribution in [3.05, 3.63) is 53.6 Å². The van der Waals surface area contributed by atoms with Crippen LogP contribution in [-0.2, 0) is 17.9 Å². The number of benzene rings is 2. The van der Waals surface area contributed by atoms with E-state index >= 15 is 0 Å². The minimum Gasteiger partial charge on any atom is -0.496 e. The number of nitrogens with zero attached hydrogens (tertiary/aromatic N) is 1. The van der Waals surface area contributed by atoms with Gasteiger partial charge in [-0.25, -0.2) is 0 Å². The van der Waals surface area contributed by atoms with E-state index in [-0.39, 0.29) is 18.7 Å². The lowest BCUT2D eigenvalue weighted by atomic mass is 10.1. The van der Waals surface area contributed by atoms with E-state index in [9.17, 15) is 4.79 Å². The van der Waals surface area contributed by atoms with Crippen LogP contribution in [0.5, 0.6) is 17.2 Å². The van der Waals surface area contributed by atoms with Gasteiger partial charge < -0.3 is 19.5 Å². The summed E-state index contributed by atoms with van der Waals surface area (Å²) in [6.45, 7) is 3.23. The van der Waals surface area contributed by atoms with Gasteiger partial charge in [-0.3, -0.25) is 9.69 Å². The Morgan fingerprint density at radius 1 is 1.23 bits per heavy atom. The lowest BCUT2D eigenvalue weighted by molar-refractivity contribution is -0.125. The van der Waals surface area contributed by atoms with Crippen LogP contribution in [0.2, 0.25) is 0 Å². The fourth-order valence-electron chi connectivity index (χ4n) is 2.84. The summed E-state index contributed by atoms with van der Waals surface area (Å²) in [6.07, 6.45) is 0. The van der Waals surface area contributed by atoms with Crippen molar-refractivity contribution in [1.29, 1.82) is 0 Å². The van der Waals surface area contributed by atoms with Crippen LogP contribution in [-0.4, -0.2) is 37.8 Å². The highest BCUT2D eigenvalue weighted by Gasteiger charge is 2.20. The van der Waals surface area contributed by atoms with Crippen LogP contribution in [0.3, 0.4) is 0 Å². The Hall–Kier alpha value is -2.73. The molecule has 0 fully saturated rings. The Morgan fingerprint density at radius 2 is 2.00 bits per heavy atom. The number of hydrogen-bond donors (Lipinski definition) is 1. The maximum Gasteiger partial charge on any atom is 0.237 e. The summed E-state index contributed by atoms with van der Waals surface area (Å²) in [6, 6.07) is 13.2. The van der Waals surface area contributed by atoms with Gasteiger partial charge in [-0.1, -0.05) is 24.3 Å². The molecule has 0 saturated carbocycles. The minimum atomic E-state index is -0.268. The lowest BCUT2D eigenvalue weighted by Crippen LogP contribution is -2.42.